The molecule has 1 aliphatic heterocycles. The molecule has 0 aliphatic carbocycles. The first kappa shape index (κ1) is 26.3. The highest BCUT2D eigenvalue weighted by Gasteiger charge is 2.27. The molecule has 4 rings (SSSR count). The Kier molecular flexibility index (Phi) is 9.52. The number of morpholine rings is 1. The Hall–Kier alpha value is -2.72. The molecule has 196 valence electrons. The summed E-state index contributed by atoms with van der Waals surface area (Å²) in [5.41, 5.74) is 1.71. The fraction of sp³-hybridized carbons (Fsp3) is 0.519. The first-order valence-corrected chi connectivity index (χ1v) is 12.6. The van der Waals surface area contributed by atoms with E-state index in [0.717, 1.165) is 18.5 Å². The molecule has 1 aliphatic rings. The highest BCUT2D eigenvalue weighted by Crippen LogP contribution is 2.34. The van der Waals surface area contributed by atoms with E-state index in [-0.39, 0.29) is 12.4 Å². The third-order valence-corrected chi connectivity index (χ3v) is 6.20. The summed E-state index contributed by atoms with van der Waals surface area (Å²) in [7, 11) is 0. The first-order valence-electron chi connectivity index (χ1n) is 12.6. The van der Waals surface area contributed by atoms with Crippen molar-refractivity contribution in [2.24, 2.45) is 5.92 Å². The summed E-state index contributed by atoms with van der Waals surface area (Å²) in [5.74, 6) is 1.50. The Labute approximate surface area is 211 Å². The van der Waals surface area contributed by atoms with Crippen molar-refractivity contribution in [3.05, 3.63) is 59.8 Å². The van der Waals surface area contributed by atoms with Crippen LogP contribution in [0.15, 0.2) is 51.6 Å². The second-order valence-electron chi connectivity index (χ2n) is 9.56. The third-order valence-electron chi connectivity index (χ3n) is 6.20. The fourth-order valence-electron chi connectivity index (χ4n) is 4.26. The zero-order valence-electron chi connectivity index (χ0n) is 21.1. The molecule has 1 saturated heterocycles. The van der Waals surface area contributed by atoms with E-state index in [1.54, 1.807) is 30.5 Å². The Balaban J connectivity index is 1.53. The molecule has 1 fully saturated rings. The van der Waals surface area contributed by atoms with E-state index in [1.807, 2.05) is 6.07 Å². The van der Waals surface area contributed by atoms with Crippen molar-refractivity contribution in [1.29, 1.82) is 0 Å². The molecule has 0 bridgehead atoms. The van der Waals surface area contributed by atoms with Crippen LogP contribution in [0.4, 0.5) is 10.3 Å². The average Bonchev–Trinajstić information content (AvgIpc) is 3.54. The lowest BCUT2D eigenvalue weighted by Gasteiger charge is -2.29. The lowest BCUT2D eigenvalue weighted by atomic mass is 10.0. The van der Waals surface area contributed by atoms with Crippen molar-refractivity contribution in [3.63, 3.8) is 0 Å². The van der Waals surface area contributed by atoms with Gasteiger partial charge in [0.15, 0.2) is 0 Å². The minimum absolute atomic E-state index is 0.180. The molecule has 1 atom stereocenters. The summed E-state index contributed by atoms with van der Waals surface area (Å²) in [6.07, 6.45) is 1.85. The molecular formula is C27H36FN3O5. The summed E-state index contributed by atoms with van der Waals surface area (Å²) in [4.78, 5) is 4.27. The molecule has 1 unspecified atom stereocenters. The van der Waals surface area contributed by atoms with Gasteiger partial charge in [-0.2, -0.15) is 0 Å². The second-order valence-corrected chi connectivity index (χ2v) is 9.56. The van der Waals surface area contributed by atoms with Crippen molar-refractivity contribution < 1.29 is 27.9 Å². The molecule has 0 saturated carbocycles. The number of nitrogens with zero attached hydrogens (tertiary/aromatic N) is 3. The van der Waals surface area contributed by atoms with Gasteiger partial charge in [-0.1, -0.05) is 31.1 Å². The number of aromatic nitrogens is 1. The van der Waals surface area contributed by atoms with Crippen LogP contribution in [0.1, 0.15) is 31.6 Å². The predicted molar refractivity (Wildman–Crippen MR) is 134 cm³/mol. The van der Waals surface area contributed by atoms with Crippen molar-refractivity contribution >= 4 is 5.88 Å². The molecule has 8 nitrogen and oxygen atoms in total. The van der Waals surface area contributed by atoms with E-state index < -0.39 is 6.10 Å². The maximum atomic E-state index is 14.8. The monoisotopic (exact) mass is 501 g/mol. The summed E-state index contributed by atoms with van der Waals surface area (Å²) < 4.78 is 37.0. The van der Waals surface area contributed by atoms with Crippen LogP contribution in [0.2, 0.25) is 0 Å². The van der Waals surface area contributed by atoms with Gasteiger partial charge in [-0.3, -0.25) is 4.90 Å². The number of aliphatic hydroxyl groups excluding tert-OH is 1. The Morgan fingerprint density at radius 3 is 2.69 bits per heavy atom. The van der Waals surface area contributed by atoms with E-state index in [4.69, 9.17) is 18.4 Å². The molecule has 2 aromatic heterocycles. The maximum absolute atomic E-state index is 14.8. The number of hydrogen-bond donors (Lipinski definition) is 1. The quantitative estimate of drug-likeness (QED) is 0.370. The minimum Gasteiger partial charge on any atom is -0.467 e. The van der Waals surface area contributed by atoms with E-state index >= 15 is 0 Å². The fourth-order valence-corrected chi connectivity index (χ4v) is 4.26. The molecule has 0 radical (unpaired) electrons. The van der Waals surface area contributed by atoms with Gasteiger partial charge in [0, 0.05) is 31.7 Å². The summed E-state index contributed by atoms with van der Waals surface area (Å²) in [6.45, 7) is 8.99. The molecule has 0 spiro atoms. The number of furan rings is 1. The molecular weight excluding hydrogens is 465 g/mol. The number of hydrogen-bond acceptors (Lipinski definition) is 8. The second kappa shape index (κ2) is 13.0. The average molecular weight is 502 g/mol. The van der Waals surface area contributed by atoms with E-state index in [0.29, 0.717) is 74.8 Å². The summed E-state index contributed by atoms with van der Waals surface area (Å²) in [6, 6.07) is 10.2. The van der Waals surface area contributed by atoms with Gasteiger partial charge in [0.2, 0.25) is 5.88 Å². The molecule has 3 heterocycles. The van der Waals surface area contributed by atoms with Crippen molar-refractivity contribution in [1.82, 2.24) is 10.1 Å². The van der Waals surface area contributed by atoms with E-state index in [1.165, 1.54) is 6.07 Å². The number of aliphatic hydroxyl groups is 1. The van der Waals surface area contributed by atoms with Gasteiger partial charge in [0.25, 0.3) is 0 Å². The van der Waals surface area contributed by atoms with Crippen LogP contribution in [0, 0.1) is 11.7 Å². The summed E-state index contributed by atoms with van der Waals surface area (Å²) in [5, 5.41) is 15.1. The predicted octanol–water partition coefficient (Wildman–Crippen LogP) is 4.34. The van der Waals surface area contributed by atoms with Gasteiger partial charge in [-0.25, -0.2) is 4.39 Å². The van der Waals surface area contributed by atoms with Crippen LogP contribution in [-0.4, -0.2) is 67.3 Å². The van der Waals surface area contributed by atoms with Gasteiger partial charge >= 0.3 is 0 Å². The number of ether oxygens (including phenoxy) is 2. The van der Waals surface area contributed by atoms with E-state index in [9.17, 15) is 9.50 Å². The van der Waals surface area contributed by atoms with Crippen molar-refractivity contribution in [2.45, 2.75) is 39.5 Å². The van der Waals surface area contributed by atoms with Crippen molar-refractivity contribution in [3.8, 4) is 11.3 Å². The van der Waals surface area contributed by atoms with Gasteiger partial charge in [-0.05, 0) is 43.1 Å². The molecule has 1 aromatic carbocycles. The zero-order chi connectivity index (χ0) is 25.3. The summed E-state index contributed by atoms with van der Waals surface area (Å²) >= 11 is 0. The zero-order valence-corrected chi connectivity index (χ0v) is 21.1. The standard InChI is InChI=1S/C27H36FN3O5/c1-20(2)9-10-30(16-21(32)18-34-19-22-6-5-13-35-22)17-24-26(23-7-3-4-8-25(23)28)29-36-27(24)31-11-14-33-15-12-31/h3-8,13,20-21,32H,9-12,14-19H2,1-2H3. The molecule has 36 heavy (non-hydrogen) atoms. The number of halogens is 1. The topological polar surface area (TPSA) is 84.3 Å². The van der Waals surface area contributed by atoms with Gasteiger partial charge in [-0.15, -0.1) is 0 Å². The maximum Gasteiger partial charge on any atom is 0.232 e. The molecule has 3 aromatic rings. The van der Waals surface area contributed by atoms with Gasteiger partial charge in [0.05, 0.1) is 37.8 Å². The smallest absolute Gasteiger partial charge is 0.232 e. The molecule has 1 N–H and O–H groups in total. The van der Waals surface area contributed by atoms with Gasteiger partial charge in [0.1, 0.15) is 23.9 Å². The van der Waals surface area contributed by atoms with E-state index in [2.05, 4.69) is 28.8 Å². The van der Waals surface area contributed by atoms with Crippen LogP contribution in [0.3, 0.4) is 0 Å². The van der Waals surface area contributed by atoms with Crippen LogP contribution < -0.4 is 4.90 Å². The number of anilines is 1. The highest BCUT2D eigenvalue weighted by atomic mass is 19.1. The van der Waals surface area contributed by atoms with Crippen molar-refractivity contribution in [2.75, 3.05) is 50.9 Å². The third kappa shape index (κ3) is 7.16. The Morgan fingerprint density at radius 2 is 1.97 bits per heavy atom. The Bertz CT molecular complexity index is 1050. The Morgan fingerprint density at radius 1 is 1.17 bits per heavy atom. The molecule has 9 heteroatoms. The van der Waals surface area contributed by atoms with Crippen LogP contribution in [0.5, 0.6) is 0 Å². The number of benzene rings is 1. The lowest BCUT2D eigenvalue weighted by molar-refractivity contribution is 0.00326. The van der Waals surface area contributed by atoms with Crippen LogP contribution in [0.25, 0.3) is 11.3 Å². The lowest BCUT2D eigenvalue weighted by Crippen LogP contribution is -2.38. The van der Waals surface area contributed by atoms with Gasteiger partial charge < -0.3 is 28.4 Å². The SMILES string of the molecule is CC(C)CCN(Cc1c(-c2ccccc2F)noc1N1CCOCC1)CC(O)COCc1ccco1. The first-order chi connectivity index (χ1) is 17.5. The van der Waals surface area contributed by atoms with Crippen LogP contribution >= 0.6 is 0 Å². The largest absolute Gasteiger partial charge is 0.467 e. The molecule has 0 amide bonds. The highest BCUT2D eigenvalue weighted by molar-refractivity contribution is 5.68. The number of rotatable bonds is 13. The van der Waals surface area contributed by atoms with Crippen LogP contribution in [-0.2, 0) is 22.6 Å². The minimum atomic E-state index is -0.698. The normalized spacial score (nSPS) is 15.2.